The van der Waals surface area contributed by atoms with Gasteiger partial charge in [-0.15, -0.1) is 0 Å². The predicted molar refractivity (Wildman–Crippen MR) is 133 cm³/mol. The molecule has 1 N–H and O–H groups in total. The molecule has 0 fully saturated rings. The van der Waals surface area contributed by atoms with Gasteiger partial charge in [-0.1, -0.05) is 54.4 Å². The van der Waals surface area contributed by atoms with E-state index in [9.17, 15) is 18.0 Å². The van der Waals surface area contributed by atoms with Crippen molar-refractivity contribution in [3.8, 4) is 0 Å². The molecule has 0 radical (unpaired) electrons. The third-order valence-electron chi connectivity index (χ3n) is 5.51. The minimum absolute atomic E-state index is 0.208. The molecule has 0 saturated carbocycles. The second-order valence-corrected chi connectivity index (χ2v) is 10.3. The van der Waals surface area contributed by atoms with Crippen LogP contribution in [0.2, 0.25) is 0 Å². The summed E-state index contributed by atoms with van der Waals surface area (Å²) in [6, 6.07) is 12.4. The van der Waals surface area contributed by atoms with Gasteiger partial charge in [-0.05, 0) is 51.3 Å². The molecule has 33 heavy (non-hydrogen) atoms. The minimum Gasteiger partial charge on any atom is -0.355 e. The number of aryl methyl sites for hydroxylation is 3. The van der Waals surface area contributed by atoms with E-state index in [2.05, 4.69) is 5.32 Å². The molecule has 2 aromatic carbocycles. The van der Waals surface area contributed by atoms with Crippen LogP contribution in [0.15, 0.2) is 42.5 Å². The fourth-order valence-corrected chi connectivity index (χ4v) is 4.69. The molecule has 2 amide bonds. The molecule has 0 spiro atoms. The number of sulfonamides is 1. The maximum atomic E-state index is 13.6. The first-order chi connectivity index (χ1) is 15.5. The number of anilines is 1. The van der Waals surface area contributed by atoms with Crippen molar-refractivity contribution in [2.24, 2.45) is 0 Å². The number of likely N-dealkylation sites (N-methyl/N-ethyl adjacent to an activating group) is 1. The Hall–Kier alpha value is -2.87. The zero-order valence-electron chi connectivity index (χ0n) is 20.4. The van der Waals surface area contributed by atoms with Crippen LogP contribution in [0.1, 0.15) is 42.5 Å². The van der Waals surface area contributed by atoms with E-state index in [4.69, 9.17) is 0 Å². The summed E-state index contributed by atoms with van der Waals surface area (Å²) < 4.78 is 26.5. The Morgan fingerprint density at radius 2 is 1.58 bits per heavy atom. The minimum atomic E-state index is -3.74. The molecule has 2 rings (SSSR count). The fourth-order valence-electron chi connectivity index (χ4n) is 3.78. The molecular formula is C25H35N3O4S. The summed E-state index contributed by atoms with van der Waals surface area (Å²) in [5.41, 5.74) is 4.17. The van der Waals surface area contributed by atoms with Gasteiger partial charge in [-0.25, -0.2) is 8.42 Å². The molecule has 0 aromatic heterocycles. The van der Waals surface area contributed by atoms with Crippen LogP contribution in [0.25, 0.3) is 0 Å². The third-order valence-corrected chi connectivity index (χ3v) is 6.64. The normalized spacial score (nSPS) is 12.2. The highest BCUT2D eigenvalue weighted by Crippen LogP contribution is 2.24. The van der Waals surface area contributed by atoms with E-state index in [-0.39, 0.29) is 19.0 Å². The van der Waals surface area contributed by atoms with Crippen molar-refractivity contribution in [1.29, 1.82) is 0 Å². The Labute approximate surface area is 197 Å². The number of amides is 2. The molecule has 0 aliphatic rings. The molecule has 180 valence electrons. The van der Waals surface area contributed by atoms with Crippen LogP contribution in [-0.4, -0.2) is 50.5 Å². The van der Waals surface area contributed by atoms with E-state index in [1.807, 2.05) is 71.0 Å². The highest BCUT2D eigenvalue weighted by Gasteiger charge is 2.31. The molecule has 8 heteroatoms. The van der Waals surface area contributed by atoms with Crippen molar-refractivity contribution in [1.82, 2.24) is 10.2 Å². The largest absolute Gasteiger partial charge is 0.355 e. The maximum Gasteiger partial charge on any atom is 0.244 e. The van der Waals surface area contributed by atoms with Crippen LogP contribution in [0.5, 0.6) is 0 Å². The smallest absolute Gasteiger partial charge is 0.244 e. The number of carbonyl (C=O) groups is 2. The van der Waals surface area contributed by atoms with Crippen LogP contribution >= 0.6 is 0 Å². The number of nitrogens with one attached hydrogen (secondary N) is 1. The van der Waals surface area contributed by atoms with Crippen molar-refractivity contribution in [2.45, 2.75) is 53.6 Å². The fraction of sp³-hybridized carbons (Fsp3) is 0.440. The number of carbonyl (C=O) groups excluding carboxylic acids is 2. The third kappa shape index (κ3) is 7.05. The molecular weight excluding hydrogens is 438 g/mol. The molecule has 0 bridgehead atoms. The highest BCUT2D eigenvalue weighted by molar-refractivity contribution is 7.92. The van der Waals surface area contributed by atoms with Gasteiger partial charge in [-0.3, -0.25) is 13.9 Å². The Kier molecular flexibility index (Phi) is 9.05. The van der Waals surface area contributed by atoms with Gasteiger partial charge in [-0.2, -0.15) is 0 Å². The van der Waals surface area contributed by atoms with E-state index in [0.717, 1.165) is 32.8 Å². The van der Waals surface area contributed by atoms with Gasteiger partial charge in [0.05, 0.1) is 11.9 Å². The zero-order chi connectivity index (χ0) is 24.8. The van der Waals surface area contributed by atoms with Crippen LogP contribution in [0.4, 0.5) is 5.69 Å². The zero-order valence-corrected chi connectivity index (χ0v) is 21.2. The van der Waals surface area contributed by atoms with E-state index in [1.54, 1.807) is 6.07 Å². The lowest BCUT2D eigenvalue weighted by Gasteiger charge is -2.33. The molecule has 0 unspecified atom stereocenters. The summed E-state index contributed by atoms with van der Waals surface area (Å²) in [4.78, 5) is 27.8. The van der Waals surface area contributed by atoms with Gasteiger partial charge < -0.3 is 10.2 Å². The molecule has 0 saturated heterocycles. The van der Waals surface area contributed by atoms with Gasteiger partial charge >= 0.3 is 0 Å². The Balaban J connectivity index is 2.45. The van der Waals surface area contributed by atoms with Crippen molar-refractivity contribution >= 4 is 27.5 Å². The van der Waals surface area contributed by atoms with Gasteiger partial charge in [0.1, 0.15) is 12.6 Å². The summed E-state index contributed by atoms with van der Waals surface area (Å²) in [6.07, 6.45) is 1.50. The number of hydrogen-bond donors (Lipinski definition) is 1. The maximum absolute atomic E-state index is 13.6. The molecule has 2 aromatic rings. The summed E-state index contributed by atoms with van der Waals surface area (Å²) in [6.45, 7) is 9.65. The van der Waals surface area contributed by atoms with Crippen molar-refractivity contribution in [2.75, 3.05) is 23.7 Å². The summed E-state index contributed by atoms with van der Waals surface area (Å²) in [5, 5.41) is 2.79. The summed E-state index contributed by atoms with van der Waals surface area (Å²) in [5.74, 6) is -0.683. The molecule has 0 aliphatic carbocycles. The number of rotatable bonds is 10. The van der Waals surface area contributed by atoms with Gasteiger partial charge in [0, 0.05) is 13.1 Å². The van der Waals surface area contributed by atoms with E-state index in [1.165, 1.54) is 4.90 Å². The average Bonchev–Trinajstić information content (AvgIpc) is 2.73. The van der Waals surface area contributed by atoms with Crippen molar-refractivity contribution in [3.05, 3.63) is 64.7 Å². The van der Waals surface area contributed by atoms with Crippen LogP contribution < -0.4 is 9.62 Å². The van der Waals surface area contributed by atoms with Crippen molar-refractivity contribution < 1.29 is 18.0 Å². The number of hydrogen-bond acceptors (Lipinski definition) is 4. The average molecular weight is 474 g/mol. The number of benzene rings is 2. The monoisotopic (exact) mass is 473 g/mol. The second-order valence-electron chi connectivity index (χ2n) is 8.39. The van der Waals surface area contributed by atoms with Crippen molar-refractivity contribution in [3.63, 3.8) is 0 Å². The molecule has 0 aliphatic heterocycles. The SMILES string of the molecule is CCNC(=O)[C@@H](CC)N(Cc1ccc(C)cc1)C(=O)CN(c1ccc(C)cc1C)S(C)(=O)=O. The van der Waals surface area contributed by atoms with E-state index < -0.39 is 22.0 Å². The predicted octanol–water partition coefficient (Wildman–Crippen LogP) is 3.32. The van der Waals surface area contributed by atoms with Crippen LogP contribution in [0.3, 0.4) is 0 Å². The second kappa shape index (κ2) is 11.3. The Morgan fingerprint density at radius 1 is 0.970 bits per heavy atom. The first kappa shape index (κ1) is 26.4. The lowest BCUT2D eigenvalue weighted by molar-refractivity contribution is -0.140. The molecule has 0 heterocycles. The van der Waals surface area contributed by atoms with Gasteiger partial charge in [0.25, 0.3) is 0 Å². The van der Waals surface area contributed by atoms with Gasteiger partial charge in [0.2, 0.25) is 21.8 Å². The standard InChI is InChI=1S/C25H35N3O4S/c1-7-22(25(30)26-8-2)27(16-21-12-9-18(3)10-13-21)24(29)17-28(33(6,31)32)23-14-11-19(4)15-20(23)5/h9-15,22H,7-8,16-17H2,1-6H3,(H,26,30)/t22-/m1/s1. The molecule has 7 nitrogen and oxygen atoms in total. The summed E-state index contributed by atoms with van der Waals surface area (Å²) >= 11 is 0. The van der Waals surface area contributed by atoms with Gasteiger partial charge in [0.15, 0.2) is 0 Å². The lowest BCUT2D eigenvalue weighted by atomic mass is 10.1. The van der Waals surface area contributed by atoms with E-state index in [0.29, 0.717) is 18.7 Å². The number of nitrogens with zero attached hydrogens (tertiary/aromatic N) is 2. The first-order valence-electron chi connectivity index (χ1n) is 11.2. The highest BCUT2D eigenvalue weighted by atomic mass is 32.2. The molecule has 1 atom stereocenters. The summed E-state index contributed by atoms with van der Waals surface area (Å²) in [7, 11) is -3.74. The van der Waals surface area contributed by atoms with Crippen LogP contribution in [-0.2, 0) is 26.2 Å². The lowest BCUT2D eigenvalue weighted by Crippen LogP contribution is -2.52. The first-order valence-corrected chi connectivity index (χ1v) is 13.0. The van der Waals surface area contributed by atoms with E-state index >= 15 is 0 Å². The quantitative estimate of drug-likeness (QED) is 0.574. The van der Waals surface area contributed by atoms with Crippen LogP contribution in [0, 0.1) is 20.8 Å². The Bertz CT molecular complexity index is 1080. The topological polar surface area (TPSA) is 86.8 Å². The Morgan fingerprint density at radius 3 is 2.09 bits per heavy atom.